The third kappa shape index (κ3) is 79.3. The summed E-state index contributed by atoms with van der Waals surface area (Å²) in [6.45, 7) is 4.08. The van der Waals surface area contributed by atoms with Gasteiger partial charge in [0, 0.05) is 12.8 Å². The van der Waals surface area contributed by atoms with E-state index in [1.54, 1.807) is 0 Å². The SMILES string of the molecule is CC/C=C\C/C=C\C/C=C\C/C=C\C/C=C\C/C=C\C/C=C\C/C=C\CCCCCCCCCCCCCCC(=O)OC(CO)COC(=O)CCCCCCCCCCCCCCCCCCCCCCCCCCCCCCCCCCCCCCCCCCC. The maximum Gasteiger partial charge on any atom is 0.306 e. The van der Waals surface area contributed by atoms with Crippen molar-refractivity contribution in [2.24, 2.45) is 0 Å². The zero-order valence-electron chi connectivity index (χ0n) is 61.6. The molecule has 0 aromatic rings. The van der Waals surface area contributed by atoms with Crippen molar-refractivity contribution in [3.05, 3.63) is 97.2 Å². The highest BCUT2D eigenvalue weighted by Gasteiger charge is 2.16. The van der Waals surface area contributed by atoms with Crippen molar-refractivity contribution in [1.29, 1.82) is 0 Å². The van der Waals surface area contributed by atoms with Gasteiger partial charge in [0.2, 0.25) is 0 Å². The number of hydrogen-bond acceptors (Lipinski definition) is 5. The largest absolute Gasteiger partial charge is 0.462 e. The summed E-state index contributed by atoms with van der Waals surface area (Å²) in [6.07, 6.45) is 118. The van der Waals surface area contributed by atoms with E-state index in [1.165, 1.54) is 308 Å². The van der Waals surface area contributed by atoms with Crippen LogP contribution in [0, 0.1) is 0 Å². The third-order valence-corrected chi connectivity index (χ3v) is 18.4. The fraction of sp³-hybridized carbons (Fsp3) is 0.793. The first-order valence-corrected chi connectivity index (χ1v) is 40.8. The average Bonchev–Trinajstić information content (AvgIpc) is 3.70. The molecule has 0 heterocycles. The van der Waals surface area contributed by atoms with E-state index >= 15 is 0 Å². The van der Waals surface area contributed by atoms with Crippen LogP contribution in [-0.4, -0.2) is 36.4 Å². The van der Waals surface area contributed by atoms with Gasteiger partial charge in [-0.3, -0.25) is 9.59 Å². The van der Waals surface area contributed by atoms with E-state index < -0.39 is 6.10 Å². The molecule has 0 aliphatic carbocycles. The second-order valence-electron chi connectivity index (χ2n) is 27.5. The Labute approximate surface area is 574 Å². The molecule has 534 valence electrons. The lowest BCUT2D eigenvalue weighted by atomic mass is 10.0. The van der Waals surface area contributed by atoms with Crippen LogP contribution in [0.4, 0.5) is 0 Å². The van der Waals surface area contributed by atoms with Gasteiger partial charge in [0.05, 0.1) is 6.61 Å². The molecule has 0 rings (SSSR count). The fourth-order valence-corrected chi connectivity index (χ4v) is 12.3. The molecule has 1 atom stereocenters. The Morgan fingerprint density at radius 1 is 0.261 bits per heavy atom. The Kier molecular flexibility index (Phi) is 79.2. The zero-order chi connectivity index (χ0) is 66.1. The molecule has 0 aliphatic heterocycles. The van der Waals surface area contributed by atoms with E-state index in [2.05, 4.69) is 111 Å². The summed E-state index contributed by atoms with van der Waals surface area (Å²) in [6, 6.07) is 0. The molecule has 0 aromatic heterocycles. The topological polar surface area (TPSA) is 72.8 Å². The molecule has 92 heavy (non-hydrogen) atoms. The van der Waals surface area contributed by atoms with E-state index in [-0.39, 0.29) is 25.2 Å². The Morgan fingerprint density at radius 2 is 0.467 bits per heavy atom. The summed E-state index contributed by atoms with van der Waals surface area (Å²) in [4.78, 5) is 24.7. The van der Waals surface area contributed by atoms with Crippen molar-refractivity contribution in [3.63, 3.8) is 0 Å². The summed E-state index contributed by atoms with van der Waals surface area (Å²) in [5.41, 5.74) is 0. The predicted octanol–water partition coefficient (Wildman–Crippen LogP) is 28.9. The Morgan fingerprint density at radius 3 is 0.707 bits per heavy atom. The highest BCUT2D eigenvalue weighted by Crippen LogP contribution is 2.20. The Balaban J connectivity index is 3.41. The maximum atomic E-state index is 12.4. The molecule has 0 fully saturated rings. The lowest BCUT2D eigenvalue weighted by molar-refractivity contribution is -0.161. The van der Waals surface area contributed by atoms with Gasteiger partial charge >= 0.3 is 11.9 Å². The van der Waals surface area contributed by atoms with Crippen LogP contribution >= 0.6 is 0 Å². The first-order valence-electron chi connectivity index (χ1n) is 40.8. The minimum absolute atomic E-state index is 0.0656. The van der Waals surface area contributed by atoms with E-state index in [0.717, 1.165) is 89.9 Å². The number of allylic oxidation sites excluding steroid dienone is 16. The first-order chi connectivity index (χ1) is 45.6. The molecule has 0 bridgehead atoms. The van der Waals surface area contributed by atoms with Crippen molar-refractivity contribution in [2.75, 3.05) is 13.2 Å². The van der Waals surface area contributed by atoms with Gasteiger partial charge in [-0.2, -0.15) is 0 Å². The van der Waals surface area contributed by atoms with Gasteiger partial charge in [0.1, 0.15) is 6.61 Å². The van der Waals surface area contributed by atoms with Crippen LogP contribution in [0.1, 0.15) is 425 Å². The Hall–Kier alpha value is -3.18. The van der Waals surface area contributed by atoms with Gasteiger partial charge in [0.25, 0.3) is 0 Å². The molecule has 1 unspecified atom stereocenters. The number of carbonyl (C=O) groups is 2. The lowest BCUT2D eigenvalue weighted by Gasteiger charge is -2.15. The average molecular weight is 1280 g/mol. The second-order valence-corrected chi connectivity index (χ2v) is 27.5. The first kappa shape index (κ1) is 88.8. The molecular weight excluding hydrogens is 1120 g/mol. The fourth-order valence-electron chi connectivity index (χ4n) is 12.3. The number of carbonyl (C=O) groups excluding carboxylic acids is 2. The molecule has 0 saturated carbocycles. The van der Waals surface area contributed by atoms with Crippen molar-refractivity contribution < 1.29 is 24.2 Å². The molecule has 0 aromatic carbocycles. The minimum Gasteiger partial charge on any atom is -0.462 e. The summed E-state index contributed by atoms with van der Waals surface area (Å²) < 4.78 is 10.8. The van der Waals surface area contributed by atoms with E-state index in [4.69, 9.17) is 9.47 Å². The van der Waals surface area contributed by atoms with Crippen molar-refractivity contribution >= 4 is 11.9 Å². The Bertz CT molecular complexity index is 1700. The van der Waals surface area contributed by atoms with Gasteiger partial charge in [-0.25, -0.2) is 0 Å². The molecule has 0 radical (unpaired) electrons. The smallest absolute Gasteiger partial charge is 0.306 e. The number of ether oxygens (including phenoxy) is 2. The van der Waals surface area contributed by atoms with E-state index in [9.17, 15) is 14.7 Å². The van der Waals surface area contributed by atoms with Gasteiger partial charge in [-0.15, -0.1) is 0 Å². The van der Waals surface area contributed by atoms with Gasteiger partial charge in [-0.1, -0.05) is 432 Å². The lowest BCUT2D eigenvalue weighted by Crippen LogP contribution is -2.28. The van der Waals surface area contributed by atoms with Crippen LogP contribution < -0.4 is 0 Å². The molecule has 5 nitrogen and oxygen atoms in total. The number of esters is 2. The standard InChI is InChI=1S/C87H156O5/c1-3-5-7-9-11-13-15-17-19-21-23-25-27-29-31-33-35-37-39-41-42-43-44-46-47-49-51-53-55-57-59-61-63-65-67-69-71-73-75-77-79-81-86(89)91-84-85(83-88)92-87(90)82-80-78-76-74-72-70-68-66-64-62-60-58-56-54-52-50-48-45-40-38-36-34-32-30-28-26-24-22-20-18-16-14-12-10-8-6-4-2/h6,8,12,14,18,20,24,26,30,32,36,38,45,48,52,54,85,88H,3-5,7,9-11,13,15-17,19,21-23,25,27-29,31,33-35,37,39-44,46-47,49-51,53,55-84H2,1-2H3/b8-6-,14-12-,20-18-,26-24-,32-30-,38-36-,48-45-,54-52-. The van der Waals surface area contributed by atoms with Crippen molar-refractivity contribution in [2.45, 2.75) is 431 Å². The van der Waals surface area contributed by atoms with Crippen LogP contribution in [0.15, 0.2) is 97.2 Å². The molecule has 0 spiro atoms. The molecule has 0 saturated heterocycles. The van der Waals surface area contributed by atoms with Crippen LogP contribution in [-0.2, 0) is 19.1 Å². The van der Waals surface area contributed by atoms with Gasteiger partial charge in [0.15, 0.2) is 6.10 Å². The normalized spacial score (nSPS) is 12.7. The summed E-state index contributed by atoms with van der Waals surface area (Å²) in [7, 11) is 0. The molecular formula is C87H156O5. The predicted molar refractivity (Wildman–Crippen MR) is 408 cm³/mol. The quantitative estimate of drug-likeness (QED) is 0.0373. The van der Waals surface area contributed by atoms with E-state index in [0.29, 0.717) is 12.8 Å². The van der Waals surface area contributed by atoms with Gasteiger partial charge < -0.3 is 14.6 Å². The van der Waals surface area contributed by atoms with Crippen LogP contribution in [0.25, 0.3) is 0 Å². The maximum absolute atomic E-state index is 12.4. The number of unbranched alkanes of at least 4 members (excludes halogenated alkanes) is 52. The minimum atomic E-state index is -0.778. The van der Waals surface area contributed by atoms with Crippen LogP contribution in [0.5, 0.6) is 0 Å². The van der Waals surface area contributed by atoms with Gasteiger partial charge in [-0.05, 0) is 77.0 Å². The van der Waals surface area contributed by atoms with Crippen LogP contribution in [0.2, 0.25) is 0 Å². The highest BCUT2D eigenvalue weighted by atomic mass is 16.6. The molecule has 0 aliphatic rings. The van der Waals surface area contributed by atoms with Crippen molar-refractivity contribution in [1.82, 2.24) is 0 Å². The number of hydrogen-bond donors (Lipinski definition) is 1. The summed E-state index contributed by atoms with van der Waals surface area (Å²) >= 11 is 0. The molecule has 5 heteroatoms. The molecule has 0 amide bonds. The van der Waals surface area contributed by atoms with Crippen molar-refractivity contribution in [3.8, 4) is 0 Å². The number of rotatable bonds is 76. The summed E-state index contributed by atoms with van der Waals surface area (Å²) in [5, 5.41) is 9.73. The number of aliphatic hydroxyl groups excluding tert-OH is 1. The van der Waals surface area contributed by atoms with Crippen LogP contribution in [0.3, 0.4) is 0 Å². The monoisotopic (exact) mass is 1280 g/mol. The highest BCUT2D eigenvalue weighted by molar-refractivity contribution is 5.70. The zero-order valence-corrected chi connectivity index (χ0v) is 61.6. The third-order valence-electron chi connectivity index (χ3n) is 18.4. The van der Waals surface area contributed by atoms with E-state index in [1.807, 2.05) is 0 Å². The number of aliphatic hydroxyl groups is 1. The molecule has 1 N–H and O–H groups in total. The summed E-state index contributed by atoms with van der Waals surface area (Å²) in [5.74, 6) is -0.577. The second kappa shape index (κ2) is 82.1.